The van der Waals surface area contributed by atoms with Crippen LogP contribution in [0.25, 0.3) is 44.5 Å². The van der Waals surface area contributed by atoms with E-state index in [1.807, 2.05) is 73.6 Å². The number of nitrogens with zero attached hydrogens (tertiary/aromatic N) is 5. The molecular formula is C45H47N9O5. The van der Waals surface area contributed by atoms with E-state index >= 15 is 0 Å². The standard InChI is InChI=1S/C45H47N9O5/c1-27(2)39(49-26-55)43(56)53-19-7-11-37(53)41-47-24-35(50-41)32-16-15-29-21-31(14-13-30(29)22-32)33-17-18-34(46-23-33)36-25-48-42(51-36)38-12-8-20-54(38)44(57)40(52-45(58)59-3)28-9-5-4-6-10-28/h4-6,9-10,13-18,21-27,37-40H,7-8,11-12,19-20H2,1-3H3,(H,47,50)(H,48,51)(H,49,55)(H,52,58)/t37-,38-,39-,40+/m0/s1. The molecule has 5 heterocycles. The average molecular weight is 794 g/mol. The summed E-state index contributed by atoms with van der Waals surface area (Å²) in [5.41, 5.74) is 6.00. The van der Waals surface area contributed by atoms with E-state index in [2.05, 4.69) is 62.0 Å². The van der Waals surface area contributed by atoms with Gasteiger partial charge in [0.05, 0.1) is 48.7 Å². The SMILES string of the molecule is COC(=O)N[C@@H](C(=O)N1CCC[C@H]1c1ncc(-c2ccc(-c3ccc4cc(-c5cnc([C@@H]6CCCN6C(=O)[C@@H](NC=O)C(C)C)[nH]5)ccc4c3)cn2)[nH]1)c1ccccc1. The number of rotatable bonds is 12. The van der Waals surface area contributed by atoms with E-state index in [9.17, 15) is 19.2 Å². The number of carbonyl (C=O) groups is 4. The van der Waals surface area contributed by atoms with Gasteiger partial charge in [-0.25, -0.2) is 14.8 Å². The molecule has 6 aromatic rings. The molecule has 0 aliphatic carbocycles. The Morgan fingerprint density at radius 1 is 0.746 bits per heavy atom. The minimum Gasteiger partial charge on any atom is -0.453 e. The molecule has 14 heteroatoms. The number of fused-ring (bicyclic) bond motifs is 1. The fraction of sp³-hybridized carbons (Fsp3) is 0.311. The third kappa shape index (κ3) is 8.02. The lowest BCUT2D eigenvalue weighted by Crippen LogP contribution is -2.48. The van der Waals surface area contributed by atoms with Gasteiger partial charge in [-0.15, -0.1) is 0 Å². The minimum atomic E-state index is -0.889. The number of aromatic amines is 2. The molecule has 14 nitrogen and oxygen atoms in total. The molecule has 0 saturated carbocycles. The summed E-state index contributed by atoms with van der Waals surface area (Å²) < 4.78 is 4.82. The molecule has 3 aromatic carbocycles. The number of nitrogens with one attached hydrogen (secondary N) is 4. The van der Waals surface area contributed by atoms with Gasteiger partial charge in [-0.05, 0) is 71.7 Å². The summed E-state index contributed by atoms with van der Waals surface area (Å²) in [6.07, 6.45) is 8.56. The molecule has 3 aromatic heterocycles. The van der Waals surface area contributed by atoms with Gasteiger partial charge in [0, 0.05) is 30.4 Å². The number of ether oxygens (including phenoxy) is 1. The van der Waals surface area contributed by atoms with Crippen molar-refractivity contribution in [3.05, 3.63) is 115 Å². The van der Waals surface area contributed by atoms with Crippen molar-refractivity contribution in [2.45, 2.75) is 63.7 Å². The highest BCUT2D eigenvalue weighted by molar-refractivity contribution is 5.91. The summed E-state index contributed by atoms with van der Waals surface area (Å²) in [7, 11) is 1.28. The van der Waals surface area contributed by atoms with Gasteiger partial charge in [0.2, 0.25) is 12.3 Å². The number of hydrogen-bond donors (Lipinski definition) is 4. The fourth-order valence-electron chi connectivity index (χ4n) is 8.31. The van der Waals surface area contributed by atoms with Crippen molar-refractivity contribution >= 4 is 35.1 Å². The van der Waals surface area contributed by atoms with Crippen molar-refractivity contribution in [2.24, 2.45) is 5.92 Å². The van der Waals surface area contributed by atoms with Crippen LogP contribution in [0, 0.1) is 5.92 Å². The predicted molar refractivity (Wildman–Crippen MR) is 222 cm³/mol. The topological polar surface area (TPSA) is 178 Å². The Balaban J connectivity index is 0.948. The van der Waals surface area contributed by atoms with Gasteiger partial charge in [0.25, 0.3) is 5.91 Å². The monoisotopic (exact) mass is 793 g/mol. The summed E-state index contributed by atoms with van der Waals surface area (Å²) >= 11 is 0. The largest absolute Gasteiger partial charge is 0.453 e. The summed E-state index contributed by atoms with van der Waals surface area (Å²) in [6.45, 7) is 5.03. The Bertz CT molecular complexity index is 2460. The second-order valence-electron chi connectivity index (χ2n) is 15.4. The summed E-state index contributed by atoms with van der Waals surface area (Å²) in [4.78, 5) is 75.3. The van der Waals surface area contributed by atoms with Gasteiger partial charge in [-0.2, -0.15) is 0 Å². The normalized spacial score (nSPS) is 17.6. The molecule has 0 spiro atoms. The van der Waals surface area contributed by atoms with Crippen LogP contribution in [0.1, 0.15) is 74.9 Å². The van der Waals surface area contributed by atoms with Crippen molar-refractivity contribution in [3.8, 4) is 33.8 Å². The first-order chi connectivity index (χ1) is 28.7. The van der Waals surface area contributed by atoms with Gasteiger partial charge in [-0.1, -0.05) is 74.5 Å². The van der Waals surface area contributed by atoms with E-state index in [1.54, 1.807) is 11.1 Å². The van der Waals surface area contributed by atoms with Crippen LogP contribution >= 0.6 is 0 Å². The Kier molecular flexibility index (Phi) is 11.2. The third-order valence-corrected chi connectivity index (χ3v) is 11.4. The number of aromatic nitrogens is 5. The molecular weight excluding hydrogens is 747 g/mol. The molecule has 2 aliphatic heterocycles. The molecule has 4 amide bonds. The molecule has 0 bridgehead atoms. The molecule has 2 saturated heterocycles. The molecule has 0 radical (unpaired) electrons. The van der Waals surface area contributed by atoms with E-state index in [-0.39, 0.29) is 29.8 Å². The molecule has 8 rings (SSSR count). The maximum absolute atomic E-state index is 13.9. The van der Waals surface area contributed by atoms with Crippen LogP contribution < -0.4 is 10.6 Å². The van der Waals surface area contributed by atoms with Crippen LogP contribution in [0.15, 0.2) is 97.5 Å². The average Bonchev–Trinajstić information content (AvgIpc) is 4.11. The Hall–Kier alpha value is -6.83. The predicted octanol–water partition coefficient (Wildman–Crippen LogP) is 6.88. The highest BCUT2D eigenvalue weighted by Gasteiger charge is 2.38. The number of amides is 4. The number of hydrogen-bond acceptors (Lipinski definition) is 8. The Labute approximate surface area is 341 Å². The molecule has 302 valence electrons. The lowest BCUT2D eigenvalue weighted by atomic mass is 10.00. The molecule has 2 fully saturated rings. The van der Waals surface area contributed by atoms with Crippen molar-refractivity contribution < 1.29 is 23.9 Å². The lowest BCUT2D eigenvalue weighted by molar-refractivity contribution is -0.137. The van der Waals surface area contributed by atoms with Gasteiger partial charge >= 0.3 is 6.09 Å². The van der Waals surface area contributed by atoms with Crippen LogP contribution in [-0.4, -0.2) is 85.3 Å². The minimum absolute atomic E-state index is 0.0271. The molecule has 2 aliphatic rings. The van der Waals surface area contributed by atoms with Crippen molar-refractivity contribution in [1.29, 1.82) is 0 Å². The highest BCUT2D eigenvalue weighted by atomic mass is 16.5. The lowest BCUT2D eigenvalue weighted by Gasteiger charge is -2.29. The first kappa shape index (κ1) is 39.0. The molecule has 59 heavy (non-hydrogen) atoms. The van der Waals surface area contributed by atoms with Crippen LogP contribution in [0.3, 0.4) is 0 Å². The number of benzene rings is 3. The summed E-state index contributed by atoms with van der Waals surface area (Å²) in [5, 5.41) is 7.56. The Morgan fingerprint density at radius 3 is 1.98 bits per heavy atom. The van der Waals surface area contributed by atoms with Crippen LogP contribution in [0.4, 0.5) is 4.79 Å². The highest BCUT2D eigenvalue weighted by Crippen LogP contribution is 2.36. The quantitative estimate of drug-likeness (QED) is 0.0970. The maximum Gasteiger partial charge on any atom is 0.407 e. The van der Waals surface area contributed by atoms with Gasteiger partial charge in [0.15, 0.2) is 0 Å². The number of methoxy groups -OCH3 is 1. The fourth-order valence-corrected chi connectivity index (χ4v) is 8.31. The number of H-pyrrole nitrogens is 2. The molecule has 0 unspecified atom stereocenters. The first-order valence-electron chi connectivity index (χ1n) is 20.0. The van der Waals surface area contributed by atoms with Crippen LogP contribution in [0.5, 0.6) is 0 Å². The van der Waals surface area contributed by atoms with E-state index in [1.165, 1.54) is 7.11 Å². The zero-order valence-corrected chi connectivity index (χ0v) is 33.2. The van der Waals surface area contributed by atoms with E-state index in [0.29, 0.717) is 30.9 Å². The van der Waals surface area contributed by atoms with E-state index in [4.69, 9.17) is 14.7 Å². The first-order valence-corrected chi connectivity index (χ1v) is 20.0. The van der Waals surface area contributed by atoms with Crippen molar-refractivity contribution in [3.63, 3.8) is 0 Å². The maximum atomic E-state index is 13.9. The molecule has 4 N–H and O–H groups in total. The van der Waals surface area contributed by atoms with Gasteiger partial charge in [-0.3, -0.25) is 19.4 Å². The number of pyridine rings is 1. The number of carbonyl (C=O) groups excluding carboxylic acids is 4. The summed E-state index contributed by atoms with van der Waals surface area (Å²) in [5.74, 6) is 1.08. The van der Waals surface area contributed by atoms with Crippen molar-refractivity contribution in [1.82, 2.24) is 45.4 Å². The number of imidazole rings is 2. The zero-order valence-electron chi connectivity index (χ0n) is 33.2. The van der Waals surface area contributed by atoms with Gasteiger partial charge < -0.3 is 35.1 Å². The third-order valence-electron chi connectivity index (χ3n) is 11.4. The van der Waals surface area contributed by atoms with E-state index < -0.39 is 18.2 Å². The number of likely N-dealkylation sites (tertiary alicyclic amines) is 2. The second kappa shape index (κ2) is 16.9. The van der Waals surface area contributed by atoms with Gasteiger partial charge in [0.1, 0.15) is 23.7 Å². The smallest absolute Gasteiger partial charge is 0.407 e. The van der Waals surface area contributed by atoms with Crippen LogP contribution in [0.2, 0.25) is 0 Å². The van der Waals surface area contributed by atoms with Crippen LogP contribution in [-0.2, 0) is 19.1 Å². The number of alkyl carbamates (subject to hydrolysis) is 1. The van der Waals surface area contributed by atoms with E-state index in [0.717, 1.165) is 76.1 Å². The van der Waals surface area contributed by atoms with Crippen molar-refractivity contribution in [2.75, 3.05) is 20.2 Å². The second-order valence-corrected chi connectivity index (χ2v) is 15.4. The molecule has 4 atom stereocenters. The summed E-state index contributed by atoms with van der Waals surface area (Å²) in [6, 6.07) is 23.9. The zero-order chi connectivity index (χ0) is 41.0. The Morgan fingerprint density at radius 2 is 1.36 bits per heavy atom.